The number of anilines is 1. The van der Waals surface area contributed by atoms with Gasteiger partial charge in [-0.1, -0.05) is 0 Å². The Hall–Kier alpha value is -1.63. The molecule has 22 heavy (non-hydrogen) atoms. The Morgan fingerprint density at radius 1 is 1.23 bits per heavy atom. The van der Waals surface area contributed by atoms with Crippen LogP contribution in [0.3, 0.4) is 0 Å². The van der Waals surface area contributed by atoms with Crippen LogP contribution in [0.2, 0.25) is 0 Å². The van der Waals surface area contributed by atoms with E-state index in [1.807, 2.05) is 4.90 Å². The lowest BCUT2D eigenvalue weighted by molar-refractivity contribution is -0.145. The molecule has 1 aliphatic heterocycles. The van der Waals surface area contributed by atoms with Crippen molar-refractivity contribution in [3.63, 3.8) is 0 Å². The fourth-order valence-corrected chi connectivity index (χ4v) is 2.96. The first-order chi connectivity index (χ1) is 10.3. The van der Waals surface area contributed by atoms with Crippen molar-refractivity contribution in [2.45, 2.75) is 25.1 Å². The molecule has 1 saturated heterocycles. The highest BCUT2D eigenvalue weighted by atomic mass is 19.4. The monoisotopic (exact) mass is 318 g/mol. The third kappa shape index (κ3) is 4.19. The standard InChI is InChI=1S/C15H21F3N2O2/c1-21-12-3-4-14(22-2)13(6-12)20-8-10(5-11(19)9-20)7-15(16,17)18/h3-4,6,10-11H,5,7-9,19H2,1-2H3. The van der Waals surface area contributed by atoms with E-state index in [0.29, 0.717) is 36.7 Å². The molecule has 7 heteroatoms. The second-order valence-electron chi connectivity index (χ2n) is 5.62. The number of hydrogen-bond donors (Lipinski definition) is 1. The summed E-state index contributed by atoms with van der Waals surface area (Å²) in [5.74, 6) is 0.711. The van der Waals surface area contributed by atoms with Gasteiger partial charge >= 0.3 is 6.18 Å². The van der Waals surface area contributed by atoms with Gasteiger partial charge in [0.2, 0.25) is 0 Å². The molecule has 2 atom stereocenters. The van der Waals surface area contributed by atoms with Crippen LogP contribution in [0.5, 0.6) is 11.5 Å². The lowest BCUT2D eigenvalue weighted by Crippen LogP contribution is -2.48. The second-order valence-corrected chi connectivity index (χ2v) is 5.62. The van der Waals surface area contributed by atoms with Crippen molar-refractivity contribution in [2.24, 2.45) is 11.7 Å². The van der Waals surface area contributed by atoms with Crippen LogP contribution < -0.4 is 20.1 Å². The summed E-state index contributed by atoms with van der Waals surface area (Å²) in [5, 5.41) is 0. The molecule has 0 radical (unpaired) electrons. The molecule has 2 unspecified atom stereocenters. The van der Waals surface area contributed by atoms with Crippen LogP contribution >= 0.6 is 0 Å². The van der Waals surface area contributed by atoms with Crippen molar-refractivity contribution in [1.29, 1.82) is 0 Å². The van der Waals surface area contributed by atoms with Crippen molar-refractivity contribution < 1.29 is 22.6 Å². The number of benzene rings is 1. The molecule has 0 spiro atoms. The number of ether oxygens (including phenoxy) is 2. The molecule has 1 aliphatic rings. The highest BCUT2D eigenvalue weighted by molar-refractivity contribution is 5.62. The first kappa shape index (κ1) is 16.7. The maximum atomic E-state index is 12.7. The molecule has 2 rings (SSSR count). The van der Waals surface area contributed by atoms with Gasteiger partial charge < -0.3 is 20.1 Å². The molecular weight excluding hydrogens is 297 g/mol. The van der Waals surface area contributed by atoms with E-state index in [-0.39, 0.29) is 6.04 Å². The van der Waals surface area contributed by atoms with Gasteiger partial charge in [-0.2, -0.15) is 13.2 Å². The van der Waals surface area contributed by atoms with Crippen LogP contribution in [0.25, 0.3) is 0 Å². The van der Waals surface area contributed by atoms with Crippen LogP contribution in [0.4, 0.5) is 18.9 Å². The number of hydrogen-bond acceptors (Lipinski definition) is 4. The van der Waals surface area contributed by atoms with Crippen LogP contribution in [0, 0.1) is 5.92 Å². The average Bonchev–Trinajstić information content (AvgIpc) is 2.44. The fourth-order valence-electron chi connectivity index (χ4n) is 2.96. The maximum Gasteiger partial charge on any atom is 0.389 e. The third-order valence-electron chi connectivity index (χ3n) is 3.82. The Morgan fingerprint density at radius 3 is 2.55 bits per heavy atom. The zero-order valence-corrected chi connectivity index (χ0v) is 12.7. The number of halogens is 3. The minimum absolute atomic E-state index is 0.294. The summed E-state index contributed by atoms with van der Waals surface area (Å²) in [5.41, 5.74) is 6.66. The van der Waals surface area contributed by atoms with E-state index in [1.54, 1.807) is 25.3 Å². The molecule has 0 saturated carbocycles. The first-order valence-corrected chi connectivity index (χ1v) is 7.11. The number of nitrogens with two attached hydrogens (primary N) is 1. The van der Waals surface area contributed by atoms with E-state index < -0.39 is 18.5 Å². The number of piperidine rings is 1. The highest BCUT2D eigenvalue weighted by Gasteiger charge is 2.36. The summed E-state index contributed by atoms with van der Waals surface area (Å²) in [7, 11) is 3.07. The van der Waals surface area contributed by atoms with Crippen LogP contribution in [0.15, 0.2) is 18.2 Å². The molecule has 2 N–H and O–H groups in total. The Kier molecular flexibility index (Phi) is 5.05. The number of methoxy groups -OCH3 is 2. The highest BCUT2D eigenvalue weighted by Crippen LogP contribution is 2.37. The molecule has 1 heterocycles. The molecular formula is C15H21F3N2O2. The van der Waals surface area contributed by atoms with E-state index >= 15 is 0 Å². The predicted octanol–water partition coefficient (Wildman–Crippen LogP) is 2.81. The lowest BCUT2D eigenvalue weighted by atomic mass is 9.91. The zero-order chi connectivity index (χ0) is 16.3. The van der Waals surface area contributed by atoms with Gasteiger partial charge in [-0.05, 0) is 24.5 Å². The topological polar surface area (TPSA) is 47.7 Å². The molecule has 0 amide bonds. The van der Waals surface area contributed by atoms with E-state index in [2.05, 4.69) is 0 Å². The van der Waals surface area contributed by atoms with Crippen molar-refractivity contribution in [3.05, 3.63) is 18.2 Å². The minimum atomic E-state index is -4.17. The van der Waals surface area contributed by atoms with Gasteiger partial charge in [-0.25, -0.2) is 0 Å². The summed E-state index contributed by atoms with van der Waals surface area (Å²) in [6.07, 6.45) is -4.61. The van der Waals surface area contributed by atoms with Gasteiger partial charge in [0.25, 0.3) is 0 Å². The van der Waals surface area contributed by atoms with Crippen LogP contribution in [-0.4, -0.2) is 39.5 Å². The van der Waals surface area contributed by atoms with Gasteiger partial charge in [0.1, 0.15) is 11.5 Å². The molecule has 1 aromatic rings. The lowest BCUT2D eigenvalue weighted by Gasteiger charge is -2.38. The SMILES string of the molecule is COc1ccc(OC)c(N2CC(N)CC(CC(F)(F)F)C2)c1. The molecule has 0 bridgehead atoms. The number of alkyl halides is 3. The Morgan fingerprint density at radius 2 is 1.95 bits per heavy atom. The number of nitrogens with zero attached hydrogens (tertiary/aromatic N) is 1. The van der Waals surface area contributed by atoms with E-state index in [9.17, 15) is 13.2 Å². The molecule has 4 nitrogen and oxygen atoms in total. The largest absolute Gasteiger partial charge is 0.497 e. The Balaban J connectivity index is 2.23. The van der Waals surface area contributed by atoms with Crippen LogP contribution in [0.1, 0.15) is 12.8 Å². The maximum absolute atomic E-state index is 12.7. The zero-order valence-electron chi connectivity index (χ0n) is 12.7. The third-order valence-corrected chi connectivity index (χ3v) is 3.82. The van der Waals surface area contributed by atoms with Crippen molar-refractivity contribution in [1.82, 2.24) is 0 Å². The second kappa shape index (κ2) is 6.64. The normalized spacial score (nSPS) is 22.5. The molecule has 1 aromatic carbocycles. The van der Waals surface area contributed by atoms with Crippen molar-refractivity contribution >= 4 is 5.69 Å². The van der Waals surface area contributed by atoms with Gasteiger partial charge in [0.05, 0.1) is 19.9 Å². The van der Waals surface area contributed by atoms with Crippen molar-refractivity contribution in [2.75, 3.05) is 32.2 Å². The van der Waals surface area contributed by atoms with E-state index in [4.69, 9.17) is 15.2 Å². The quantitative estimate of drug-likeness (QED) is 0.927. The summed E-state index contributed by atoms with van der Waals surface area (Å²) >= 11 is 0. The fraction of sp³-hybridized carbons (Fsp3) is 0.600. The van der Waals surface area contributed by atoms with Gasteiger partial charge in [-0.3, -0.25) is 0 Å². The average molecular weight is 318 g/mol. The predicted molar refractivity (Wildman–Crippen MR) is 78.5 cm³/mol. The first-order valence-electron chi connectivity index (χ1n) is 7.11. The van der Waals surface area contributed by atoms with Crippen LogP contribution in [-0.2, 0) is 0 Å². The van der Waals surface area contributed by atoms with E-state index in [1.165, 1.54) is 7.11 Å². The number of rotatable bonds is 4. The summed E-state index contributed by atoms with van der Waals surface area (Å²) in [6, 6.07) is 4.96. The minimum Gasteiger partial charge on any atom is -0.497 e. The molecule has 0 aromatic heterocycles. The van der Waals surface area contributed by atoms with Gasteiger partial charge in [-0.15, -0.1) is 0 Å². The van der Waals surface area contributed by atoms with Gasteiger partial charge in [0, 0.05) is 31.6 Å². The molecule has 124 valence electrons. The van der Waals surface area contributed by atoms with E-state index in [0.717, 1.165) is 0 Å². The summed E-state index contributed by atoms with van der Waals surface area (Å²) in [6.45, 7) is 0.800. The Labute approximate surface area is 128 Å². The smallest absolute Gasteiger partial charge is 0.389 e. The molecule has 1 fully saturated rings. The van der Waals surface area contributed by atoms with Gasteiger partial charge in [0.15, 0.2) is 0 Å². The summed E-state index contributed by atoms with van der Waals surface area (Å²) < 4.78 is 48.5. The van der Waals surface area contributed by atoms with Crippen molar-refractivity contribution in [3.8, 4) is 11.5 Å². The Bertz CT molecular complexity index is 508. The molecule has 0 aliphatic carbocycles. The summed E-state index contributed by atoms with van der Waals surface area (Å²) in [4.78, 5) is 1.85.